The smallest absolute Gasteiger partial charge is 0.251 e. The maximum atomic E-state index is 13.5. The number of nitrogens with one attached hydrogen (secondary N) is 1. The number of aliphatic hydroxyl groups is 1. The Bertz CT molecular complexity index is 1210. The molecule has 1 fully saturated rings. The molecule has 10 heteroatoms. The highest BCUT2D eigenvalue weighted by atomic mass is 35.5. The van der Waals surface area contributed by atoms with Crippen LogP contribution < -0.4 is 10.5 Å². The van der Waals surface area contributed by atoms with Crippen molar-refractivity contribution in [2.75, 3.05) is 13.1 Å². The number of carbonyl (C=O) groups excluding carboxylic acids is 2. The SMILES string of the molecule is CC(C)C(NC(=O)c1cccc(S(N)(=O)=O)c1)C(=O)N1CCC(O)(c2ccc(Cl)cc2)C(C)(C)C1. The fraction of sp³-hybridized carbons (Fsp3) is 0.440. The van der Waals surface area contributed by atoms with E-state index < -0.39 is 33.0 Å². The van der Waals surface area contributed by atoms with Crippen molar-refractivity contribution in [3.63, 3.8) is 0 Å². The minimum atomic E-state index is -3.97. The van der Waals surface area contributed by atoms with Gasteiger partial charge in [-0.3, -0.25) is 9.59 Å². The lowest BCUT2D eigenvalue weighted by Crippen LogP contribution is -2.60. The minimum Gasteiger partial charge on any atom is -0.384 e. The number of nitrogens with zero attached hydrogens (tertiary/aromatic N) is 1. The van der Waals surface area contributed by atoms with Gasteiger partial charge in [0.2, 0.25) is 15.9 Å². The summed E-state index contributed by atoms with van der Waals surface area (Å²) in [5.41, 5.74) is -1.00. The zero-order chi connectivity index (χ0) is 26.2. The normalized spacial score (nSPS) is 21.0. The summed E-state index contributed by atoms with van der Waals surface area (Å²) >= 11 is 6.01. The first-order chi connectivity index (χ1) is 16.2. The lowest BCUT2D eigenvalue weighted by Gasteiger charge is -2.51. The van der Waals surface area contributed by atoms with E-state index in [9.17, 15) is 23.1 Å². The van der Waals surface area contributed by atoms with Crippen molar-refractivity contribution < 1.29 is 23.1 Å². The van der Waals surface area contributed by atoms with E-state index >= 15 is 0 Å². The van der Waals surface area contributed by atoms with E-state index in [1.165, 1.54) is 24.3 Å². The van der Waals surface area contributed by atoms with Gasteiger partial charge in [-0.2, -0.15) is 0 Å². The Morgan fingerprint density at radius 3 is 2.31 bits per heavy atom. The Labute approximate surface area is 211 Å². The molecule has 4 N–H and O–H groups in total. The first-order valence-corrected chi connectivity index (χ1v) is 13.3. The Balaban J connectivity index is 1.79. The molecule has 0 aliphatic carbocycles. The Kier molecular flexibility index (Phi) is 7.67. The van der Waals surface area contributed by atoms with Gasteiger partial charge >= 0.3 is 0 Å². The van der Waals surface area contributed by atoms with Crippen molar-refractivity contribution in [2.24, 2.45) is 16.5 Å². The third-order valence-electron chi connectivity index (χ3n) is 6.73. The molecule has 35 heavy (non-hydrogen) atoms. The lowest BCUT2D eigenvalue weighted by atomic mass is 9.66. The van der Waals surface area contributed by atoms with E-state index in [1.54, 1.807) is 29.2 Å². The molecule has 2 aromatic carbocycles. The lowest BCUT2D eigenvalue weighted by molar-refractivity contribution is -0.155. The van der Waals surface area contributed by atoms with E-state index in [2.05, 4.69) is 5.32 Å². The standard InChI is InChI=1S/C25H32ClN3O5S/c1-16(2)21(28-22(30)17-6-5-7-20(14-17)35(27,33)34)23(31)29-13-12-25(32,24(3,4)15-29)18-8-10-19(26)11-9-18/h5-11,14,16,21,32H,12-13,15H2,1-4H3,(H,28,30)(H2,27,33,34). The molecule has 2 atom stereocenters. The number of nitrogens with two attached hydrogens (primary N) is 1. The van der Waals surface area contributed by atoms with Crippen molar-refractivity contribution in [1.29, 1.82) is 0 Å². The molecular weight excluding hydrogens is 490 g/mol. The van der Waals surface area contributed by atoms with E-state index in [-0.39, 0.29) is 28.8 Å². The van der Waals surface area contributed by atoms with Gasteiger partial charge in [-0.15, -0.1) is 0 Å². The molecular formula is C25H32ClN3O5S. The second kappa shape index (κ2) is 9.89. The number of sulfonamides is 1. The fourth-order valence-electron chi connectivity index (χ4n) is 4.52. The van der Waals surface area contributed by atoms with Gasteiger partial charge in [-0.1, -0.05) is 57.5 Å². The highest BCUT2D eigenvalue weighted by Crippen LogP contribution is 2.46. The van der Waals surface area contributed by atoms with Crippen LogP contribution in [0.2, 0.25) is 5.02 Å². The third-order valence-corrected chi connectivity index (χ3v) is 7.89. The molecule has 0 saturated carbocycles. The van der Waals surface area contributed by atoms with Gasteiger partial charge in [0.15, 0.2) is 0 Å². The molecule has 2 unspecified atom stereocenters. The van der Waals surface area contributed by atoms with E-state index in [1.807, 2.05) is 27.7 Å². The Morgan fingerprint density at radius 1 is 1.14 bits per heavy atom. The molecule has 0 radical (unpaired) electrons. The van der Waals surface area contributed by atoms with Crippen LogP contribution in [0, 0.1) is 11.3 Å². The van der Waals surface area contributed by atoms with Crippen molar-refractivity contribution in [3.8, 4) is 0 Å². The molecule has 2 aromatic rings. The quantitative estimate of drug-likeness (QED) is 0.538. The number of piperidine rings is 1. The number of halogens is 1. The monoisotopic (exact) mass is 521 g/mol. The van der Waals surface area contributed by atoms with Crippen LogP contribution >= 0.6 is 11.6 Å². The second-order valence-corrected chi connectivity index (χ2v) is 12.0. The van der Waals surface area contributed by atoms with E-state index in [0.29, 0.717) is 18.0 Å². The predicted octanol–water partition coefficient (Wildman–Crippen LogP) is 2.89. The Hall–Kier alpha value is -2.46. The summed E-state index contributed by atoms with van der Waals surface area (Å²) in [6.07, 6.45) is 0.322. The summed E-state index contributed by atoms with van der Waals surface area (Å²) in [4.78, 5) is 27.9. The maximum absolute atomic E-state index is 13.5. The summed E-state index contributed by atoms with van der Waals surface area (Å²) < 4.78 is 23.3. The summed E-state index contributed by atoms with van der Waals surface area (Å²) in [7, 11) is -3.97. The van der Waals surface area contributed by atoms with Crippen LogP contribution in [0.3, 0.4) is 0 Å². The molecule has 190 valence electrons. The summed E-state index contributed by atoms with van der Waals surface area (Å²) in [5, 5.41) is 20.1. The van der Waals surface area contributed by atoms with Gasteiger partial charge < -0.3 is 15.3 Å². The molecule has 1 heterocycles. The van der Waals surface area contributed by atoms with Crippen LogP contribution in [0.1, 0.15) is 50.0 Å². The molecule has 2 amide bonds. The molecule has 3 rings (SSSR count). The number of amides is 2. The zero-order valence-corrected chi connectivity index (χ0v) is 21.9. The van der Waals surface area contributed by atoms with Gasteiger partial charge in [0, 0.05) is 29.1 Å². The minimum absolute atomic E-state index is 0.0889. The summed E-state index contributed by atoms with van der Waals surface area (Å²) in [5.74, 6) is -1.06. The molecule has 0 bridgehead atoms. The van der Waals surface area contributed by atoms with Crippen LogP contribution in [0.15, 0.2) is 53.4 Å². The van der Waals surface area contributed by atoms with Crippen molar-refractivity contribution >= 4 is 33.4 Å². The van der Waals surface area contributed by atoms with Crippen LogP contribution in [0.5, 0.6) is 0 Å². The number of hydrogen-bond acceptors (Lipinski definition) is 5. The maximum Gasteiger partial charge on any atom is 0.251 e. The first-order valence-electron chi connectivity index (χ1n) is 11.4. The Morgan fingerprint density at radius 2 is 1.77 bits per heavy atom. The van der Waals surface area contributed by atoms with Gasteiger partial charge in [-0.25, -0.2) is 13.6 Å². The topological polar surface area (TPSA) is 130 Å². The van der Waals surface area contributed by atoms with Gasteiger partial charge in [0.1, 0.15) is 6.04 Å². The van der Waals surface area contributed by atoms with Crippen LogP contribution in [-0.4, -0.2) is 49.4 Å². The molecule has 1 saturated heterocycles. The van der Waals surface area contributed by atoms with Crippen LogP contribution in [0.4, 0.5) is 0 Å². The van der Waals surface area contributed by atoms with Crippen LogP contribution in [0.25, 0.3) is 0 Å². The zero-order valence-electron chi connectivity index (χ0n) is 20.3. The highest BCUT2D eigenvalue weighted by molar-refractivity contribution is 7.89. The number of carbonyl (C=O) groups is 2. The van der Waals surface area contributed by atoms with Crippen molar-refractivity contribution in [1.82, 2.24) is 10.2 Å². The average Bonchev–Trinajstić information content (AvgIpc) is 2.78. The number of likely N-dealkylation sites (tertiary alicyclic amines) is 1. The molecule has 1 aliphatic rings. The predicted molar refractivity (Wildman–Crippen MR) is 134 cm³/mol. The summed E-state index contributed by atoms with van der Waals surface area (Å²) in [6, 6.07) is 11.6. The second-order valence-electron chi connectivity index (χ2n) is 10.0. The number of hydrogen-bond donors (Lipinski definition) is 3. The molecule has 1 aliphatic heterocycles. The summed E-state index contributed by atoms with van der Waals surface area (Å²) in [6.45, 7) is 8.05. The largest absolute Gasteiger partial charge is 0.384 e. The van der Waals surface area contributed by atoms with Crippen LogP contribution in [-0.2, 0) is 20.4 Å². The van der Waals surface area contributed by atoms with Crippen molar-refractivity contribution in [2.45, 2.75) is 50.7 Å². The molecule has 8 nitrogen and oxygen atoms in total. The van der Waals surface area contributed by atoms with Crippen molar-refractivity contribution in [3.05, 3.63) is 64.7 Å². The highest BCUT2D eigenvalue weighted by Gasteiger charge is 2.50. The molecule has 0 aromatic heterocycles. The fourth-order valence-corrected chi connectivity index (χ4v) is 5.21. The average molecular weight is 522 g/mol. The molecule has 0 spiro atoms. The van der Waals surface area contributed by atoms with E-state index in [0.717, 1.165) is 5.56 Å². The van der Waals surface area contributed by atoms with E-state index in [4.69, 9.17) is 16.7 Å². The van der Waals surface area contributed by atoms with Gasteiger partial charge in [0.25, 0.3) is 5.91 Å². The number of primary sulfonamides is 1. The third kappa shape index (κ3) is 5.69. The van der Waals surface area contributed by atoms with Gasteiger partial charge in [0.05, 0.1) is 10.5 Å². The van der Waals surface area contributed by atoms with Gasteiger partial charge in [-0.05, 0) is 48.2 Å². The first kappa shape index (κ1) is 27.1. The number of rotatable bonds is 6. The number of benzene rings is 2.